The van der Waals surface area contributed by atoms with E-state index < -0.39 is 0 Å². The summed E-state index contributed by atoms with van der Waals surface area (Å²) in [4.78, 5) is 5.12. The van der Waals surface area contributed by atoms with Crippen molar-refractivity contribution in [2.75, 3.05) is 0 Å². The van der Waals surface area contributed by atoms with Gasteiger partial charge in [0, 0.05) is 11.1 Å². The Kier molecular flexibility index (Phi) is 6.21. The molecule has 0 bridgehead atoms. The van der Waals surface area contributed by atoms with Crippen LogP contribution in [-0.2, 0) is 0 Å². The molecule has 214 valence electrons. The predicted octanol–water partition coefficient (Wildman–Crippen LogP) is 12.4. The first-order valence-corrected chi connectivity index (χ1v) is 15.8. The second kappa shape index (κ2) is 10.8. The SMILES string of the molecule is c1ccc(-c2cc(-c3ccc(-c4ccc5c6ccccc6c6ccccc6c5c4)c4ccccc34)cc(-c3ccccc3)n2)cc1. The van der Waals surface area contributed by atoms with Crippen LogP contribution in [0.4, 0.5) is 0 Å². The maximum absolute atomic E-state index is 5.12. The van der Waals surface area contributed by atoms with Crippen LogP contribution >= 0.6 is 0 Å². The third kappa shape index (κ3) is 4.37. The zero-order chi connectivity index (χ0) is 30.5. The molecular weight excluding hydrogens is 555 g/mol. The first-order chi connectivity index (χ1) is 22.8. The fourth-order valence-corrected chi connectivity index (χ4v) is 7.08. The lowest BCUT2D eigenvalue weighted by Crippen LogP contribution is -1.92. The number of hydrogen-bond acceptors (Lipinski definition) is 1. The van der Waals surface area contributed by atoms with E-state index in [9.17, 15) is 0 Å². The summed E-state index contributed by atoms with van der Waals surface area (Å²) < 4.78 is 0. The van der Waals surface area contributed by atoms with Gasteiger partial charge in [0.15, 0.2) is 0 Å². The van der Waals surface area contributed by atoms with Crippen LogP contribution in [0.25, 0.3) is 87.9 Å². The molecule has 0 radical (unpaired) electrons. The van der Waals surface area contributed by atoms with Gasteiger partial charge in [-0.1, -0.05) is 158 Å². The lowest BCUT2D eigenvalue weighted by Gasteiger charge is -2.16. The second-order valence-corrected chi connectivity index (χ2v) is 11.9. The average molecular weight is 584 g/mol. The van der Waals surface area contributed by atoms with E-state index in [-0.39, 0.29) is 0 Å². The van der Waals surface area contributed by atoms with E-state index in [2.05, 4.69) is 176 Å². The van der Waals surface area contributed by atoms with Crippen LogP contribution in [0, 0.1) is 0 Å². The summed E-state index contributed by atoms with van der Waals surface area (Å²) in [6, 6.07) is 63.3. The minimum Gasteiger partial charge on any atom is -0.248 e. The van der Waals surface area contributed by atoms with Crippen molar-refractivity contribution in [2.24, 2.45) is 0 Å². The van der Waals surface area contributed by atoms with Gasteiger partial charge in [-0.15, -0.1) is 0 Å². The van der Waals surface area contributed by atoms with Crippen LogP contribution in [0.5, 0.6) is 0 Å². The number of rotatable bonds is 4. The number of benzene rings is 8. The second-order valence-electron chi connectivity index (χ2n) is 11.9. The molecule has 0 N–H and O–H groups in total. The monoisotopic (exact) mass is 583 g/mol. The van der Waals surface area contributed by atoms with Gasteiger partial charge in [0.2, 0.25) is 0 Å². The molecule has 0 fully saturated rings. The van der Waals surface area contributed by atoms with Crippen molar-refractivity contribution >= 4 is 43.1 Å². The van der Waals surface area contributed by atoms with E-state index in [4.69, 9.17) is 4.98 Å². The highest BCUT2D eigenvalue weighted by Gasteiger charge is 2.15. The van der Waals surface area contributed by atoms with Crippen molar-refractivity contribution in [1.29, 1.82) is 0 Å². The van der Waals surface area contributed by atoms with Gasteiger partial charge in [-0.05, 0) is 83.5 Å². The van der Waals surface area contributed by atoms with E-state index in [0.29, 0.717) is 0 Å². The number of nitrogens with zero attached hydrogens (tertiary/aromatic N) is 1. The summed E-state index contributed by atoms with van der Waals surface area (Å²) in [7, 11) is 0. The standard InChI is InChI=1S/C45H29N/c1-3-13-30(14-4-1)44-28-33(29-45(46-44)31-15-5-2-6-16-31)35-26-25-34(36-17-7-8-18-37(35)36)32-23-24-42-40-21-10-9-19-38(40)39-20-11-12-22-41(39)43(42)27-32/h1-29H. The third-order valence-corrected chi connectivity index (χ3v) is 9.25. The van der Waals surface area contributed by atoms with Crippen molar-refractivity contribution in [2.45, 2.75) is 0 Å². The van der Waals surface area contributed by atoms with Gasteiger partial charge in [-0.25, -0.2) is 4.98 Å². The zero-order valence-electron chi connectivity index (χ0n) is 25.2. The van der Waals surface area contributed by atoms with Crippen molar-refractivity contribution in [1.82, 2.24) is 4.98 Å². The highest BCUT2D eigenvalue weighted by molar-refractivity contribution is 6.26. The van der Waals surface area contributed by atoms with Gasteiger partial charge in [0.05, 0.1) is 11.4 Å². The summed E-state index contributed by atoms with van der Waals surface area (Å²) in [6.07, 6.45) is 0. The predicted molar refractivity (Wildman–Crippen MR) is 196 cm³/mol. The Morgan fingerprint density at radius 1 is 0.239 bits per heavy atom. The Hall–Kier alpha value is -6.05. The Bertz CT molecular complexity index is 2470. The molecule has 8 aromatic carbocycles. The molecule has 1 heterocycles. The molecule has 0 atom stereocenters. The van der Waals surface area contributed by atoms with Crippen LogP contribution in [0.1, 0.15) is 0 Å². The average Bonchev–Trinajstić information content (AvgIpc) is 3.15. The Morgan fingerprint density at radius 3 is 1.13 bits per heavy atom. The van der Waals surface area contributed by atoms with Gasteiger partial charge >= 0.3 is 0 Å². The summed E-state index contributed by atoms with van der Waals surface area (Å²) in [5.74, 6) is 0. The molecule has 0 unspecified atom stereocenters. The number of hydrogen-bond donors (Lipinski definition) is 0. The van der Waals surface area contributed by atoms with E-state index in [1.807, 2.05) is 0 Å². The molecule has 9 aromatic rings. The molecule has 9 rings (SSSR count). The minimum atomic E-state index is 0.971. The maximum Gasteiger partial charge on any atom is 0.0715 e. The topological polar surface area (TPSA) is 12.9 Å². The molecule has 46 heavy (non-hydrogen) atoms. The number of fused-ring (bicyclic) bond motifs is 7. The summed E-state index contributed by atoms with van der Waals surface area (Å²) in [5, 5.41) is 10.2. The Labute approximate surface area is 268 Å². The molecule has 0 saturated heterocycles. The maximum atomic E-state index is 5.12. The van der Waals surface area contributed by atoms with Crippen LogP contribution in [0.3, 0.4) is 0 Å². The molecule has 0 aliphatic rings. The molecule has 1 aromatic heterocycles. The molecule has 0 aliphatic heterocycles. The Morgan fingerprint density at radius 2 is 0.630 bits per heavy atom. The first kappa shape index (κ1) is 26.4. The number of aromatic nitrogens is 1. The van der Waals surface area contributed by atoms with Gasteiger partial charge in [0.1, 0.15) is 0 Å². The van der Waals surface area contributed by atoms with Gasteiger partial charge in [0.25, 0.3) is 0 Å². The van der Waals surface area contributed by atoms with E-state index in [1.54, 1.807) is 0 Å². The third-order valence-electron chi connectivity index (χ3n) is 9.25. The molecule has 1 heteroatoms. The van der Waals surface area contributed by atoms with Crippen molar-refractivity contribution in [3.05, 3.63) is 176 Å². The van der Waals surface area contributed by atoms with Crippen molar-refractivity contribution < 1.29 is 0 Å². The lowest BCUT2D eigenvalue weighted by atomic mass is 9.89. The summed E-state index contributed by atoms with van der Waals surface area (Å²) in [5.41, 5.74) is 8.98. The van der Waals surface area contributed by atoms with E-state index in [0.717, 1.165) is 28.1 Å². The van der Waals surface area contributed by atoms with Gasteiger partial charge in [-0.3, -0.25) is 0 Å². The fraction of sp³-hybridized carbons (Fsp3) is 0. The molecule has 0 amide bonds. The quantitative estimate of drug-likeness (QED) is 0.188. The summed E-state index contributed by atoms with van der Waals surface area (Å²) in [6.45, 7) is 0. The van der Waals surface area contributed by atoms with Crippen molar-refractivity contribution in [3.8, 4) is 44.8 Å². The zero-order valence-corrected chi connectivity index (χ0v) is 25.2. The highest BCUT2D eigenvalue weighted by atomic mass is 14.7. The fourth-order valence-electron chi connectivity index (χ4n) is 7.08. The first-order valence-electron chi connectivity index (χ1n) is 15.8. The lowest BCUT2D eigenvalue weighted by molar-refractivity contribution is 1.32. The summed E-state index contributed by atoms with van der Waals surface area (Å²) >= 11 is 0. The van der Waals surface area contributed by atoms with E-state index >= 15 is 0 Å². The van der Waals surface area contributed by atoms with Crippen molar-refractivity contribution in [3.63, 3.8) is 0 Å². The molecule has 0 saturated carbocycles. The highest BCUT2D eigenvalue weighted by Crippen LogP contribution is 2.41. The van der Waals surface area contributed by atoms with Gasteiger partial charge in [-0.2, -0.15) is 0 Å². The van der Waals surface area contributed by atoms with Crippen LogP contribution in [-0.4, -0.2) is 4.98 Å². The largest absolute Gasteiger partial charge is 0.248 e. The normalized spacial score (nSPS) is 11.5. The van der Waals surface area contributed by atoms with Crippen LogP contribution in [0.2, 0.25) is 0 Å². The van der Waals surface area contributed by atoms with E-state index in [1.165, 1.54) is 59.8 Å². The van der Waals surface area contributed by atoms with Crippen LogP contribution in [0.15, 0.2) is 176 Å². The molecule has 0 spiro atoms. The smallest absolute Gasteiger partial charge is 0.0715 e. The molecular formula is C45H29N. The Balaban J connectivity index is 1.26. The minimum absolute atomic E-state index is 0.971. The number of pyridine rings is 1. The molecule has 0 aliphatic carbocycles. The molecule has 1 nitrogen and oxygen atoms in total. The van der Waals surface area contributed by atoms with Crippen LogP contribution < -0.4 is 0 Å². The van der Waals surface area contributed by atoms with Gasteiger partial charge < -0.3 is 0 Å².